The van der Waals surface area contributed by atoms with Crippen molar-refractivity contribution in [2.45, 2.75) is 38.8 Å². The lowest BCUT2D eigenvalue weighted by Gasteiger charge is -2.23. The normalized spacial score (nSPS) is 18.4. The fourth-order valence-corrected chi connectivity index (χ4v) is 2.39. The Labute approximate surface area is 125 Å². The van der Waals surface area contributed by atoms with Crippen LogP contribution in [-0.2, 0) is 0 Å². The molecule has 1 aliphatic rings. The van der Waals surface area contributed by atoms with Gasteiger partial charge < -0.3 is 15.5 Å². The zero-order valence-electron chi connectivity index (χ0n) is 12.8. The molecule has 0 aliphatic carbocycles. The molecule has 21 heavy (non-hydrogen) atoms. The molecule has 1 aromatic rings. The van der Waals surface area contributed by atoms with E-state index >= 15 is 0 Å². The zero-order valence-corrected chi connectivity index (χ0v) is 12.8. The third-order valence-corrected chi connectivity index (χ3v) is 3.32. The van der Waals surface area contributed by atoms with Crippen molar-refractivity contribution in [1.29, 1.82) is 0 Å². The van der Waals surface area contributed by atoms with Gasteiger partial charge in [0.15, 0.2) is 0 Å². The Balaban J connectivity index is 1.86. The number of likely N-dealkylation sites (tertiary alicyclic amines) is 1. The lowest BCUT2D eigenvalue weighted by molar-refractivity contribution is 0.0789. The molecule has 0 bridgehead atoms. The van der Waals surface area contributed by atoms with Gasteiger partial charge in [-0.2, -0.15) is 0 Å². The van der Waals surface area contributed by atoms with Gasteiger partial charge in [0, 0.05) is 30.2 Å². The van der Waals surface area contributed by atoms with Crippen molar-refractivity contribution >= 4 is 11.9 Å². The van der Waals surface area contributed by atoms with E-state index in [1.807, 2.05) is 51.1 Å². The first-order valence-electron chi connectivity index (χ1n) is 7.28. The Bertz CT molecular complexity index is 508. The van der Waals surface area contributed by atoms with Crippen LogP contribution < -0.4 is 10.6 Å². The molecule has 0 radical (unpaired) electrons. The van der Waals surface area contributed by atoms with E-state index in [4.69, 9.17) is 0 Å². The molecule has 5 heteroatoms. The number of hydrogen-bond donors (Lipinski definition) is 2. The molecule has 1 fully saturated rings. The number of carbonyl (C=O) groups is 2. The maximum atomic E-state index is 12.3. The molecule has 3 amide bonds. The van der Waals surface area contributed by atoms with Gasteiger partial charge in [0.25, 0.3) is 5.91 Å². The highest BCUT2D eigenvalue weighted by molar-refractivity contribution is 5.94. The molecule has 1 atom stereocenters. The van der Waals surface area contributed by atoms with Crippen molar-refractivity contribution in [3.63, 3.8) is 0 Å². The summed E-state index contributed by atoms with van der Waals surface area (Å²) in [6.45, 7) is 7.05. The molecule has 0 spiro atoms. The topological polar surface area (TPSA) is 61.4 Å². The molecule has 0 saturated carbocycles. The number of amides is 3. The summed E-state index contributed by atoms with van der Waals surface area (Å²) < 4.78 is 0. The smallest absolute Gasteiger partial charge is 0.315 e. The van der Waals surface area contributed by atoms with Crippen LogP contribution in [0.2, 0.25) is 0 Å². The number of carbonyl (C=O) groups excluding carboxylic acids is 2. The highest BCUT2D eigenvalue weighted by Gasteiger charge is 2.28. The Kier molecular flexibility index (Phi) is 4.50. The second-order valence-corrected chi connectivity index (χ2v) is 6.45. The van der Waals surface area contributed by atoms with Crippen molar-refractivity contribution in [3.05, 3.63) is 35.9 Å². The van der Waals surface area contributed by atoms with E-state index < -0.39 is 0 Å². The van der Waals surface area contributed by atoms with Crippen molar-refractivity contribution in [1.82, 2.24) is 15.5 Å². The molecule has 2 N–H and O–H groups in total. The molecule has 1 aliphatic heterocycles. The van der Waals surface area contributed by atoms with Crippen LogP contribution in [0.5, 0.6) is 0 Å². The Morgan fingerprint density at radius 1 is 1.19 bits per heavy atom. The predicted molar refractivity (Wildman–Crippen MR) is 82.2 cm³/mol. The monoisotopic (exact) mass is 289 g/mol. The molecular formula is C16H23N3O2. The lowest BCUT2D eigenvalue weighted by atomic mass is 10.1. The van der Waals surface area contributed by atoms with E-state index in [2.05, 4.69) is 10.6 Å². The largest absolute Gasteiger partial charge is 0.337 e. The standard InChI is InChI=1S/C16H23N3O2/c1-16(2,3)18-15(21)17-13-9-10-19(11-13)14(20)12-7-5-4-6-8-12/h4-8,13H,9-11H2,1-3H3,(H2,17,18,21). The molecule has 1 aromatic carbocycles. The quantitative estimate of drug-likeness (QED) is 0.874. The van der Waals surface area contributed by atoms with Crippen LogP contribution in [0.15, 0.2) is 30.3 Å². The molecule has 0 aromatic heterocycles. The maximum Gasteiger partial charge on any atom is 0.315 e. The Morgan fingerprint density at radius 2 is 1.86 bits per heavy atom. The van der Waals surface area contributed by atoms with Crippen LogP contribution >= 0.6 is 0 Å². The Morgan fingerprint density at radius 3 is 2.48 bits per heavy atom. The third-order valence-electron chi connectivity index (χ3n) is 3.32. The predicted octanol–water partition coefficient (Wildman–Crippen LogP) is 2.00. The summed E-state index contributed by atoms with van der Waals surface area (Å²) in [6.07, 6.45) is 0.788. The molecule has 114 valence electrons. The summed E-state index contributed by atoms with van der Waals surface area (Å²) in [5.41, 5.74) is 0.430. The Hall–Kier alpha value is -2.04. The van der Waals surface area contributed by atoms with Crippen molar-refractivity contribution in [2.24, 2.45) is 0 Å². The number of nitrogens with zero attached hydrogens (tertiary/aromatic N) is 1. The highest BCUT2D eigenvalue weighted by Crippen LogP contribution is 2.13. The molecule has 2 rings (SSSR count). The van der Waals surface area contributed by atoms with Gasteiger partial charge in [0.2, 0.25) is 0 Å². The van der Waals surface area contributed by atoms with E-state index in [0.29, 0.717) is 18.7 Å². The minimum atomic E-state index is -0.262. The van der Waals surface area contributed by atoms with Gasteiger partial charge in [0.05, 0.1) is 0 Å². The average molecular weight is 289 g/mol. The van der Waals surface area contributed by atoms with Gasteiger partial charge >= 0.3 is 6.03 Å². The lowest BCUT2D eigenvalue weighted by Crippen LogP contribution is -2.50. The maximum absolute atomic E-state index is 12.3. The number of urea groups is 1. The first-order valence-corrected chi connectivity index (χ1v) is 7.28. The van der Waals surface area contributed by atoms with Gasteiger partial charge in [-0.05, 0) is 39.3 Å². The summed E-state index contributed by atoms with van der Waals surface area (Å²) >= 11 is 0. The summed E-state index contributed by atoms with van der Waals surface area (Å²) in [5, 5.41) is 5.80. The number of nitrogens with one attached hydrogen (secondary N) is 2. The number of hydrogen-bond acceptors (Lipinski definition) is 2. The van der Waals surface area contributed by atoms with Crippen molar-refractivity contribution in [2.75, 3.05) is 13.1 Å². The zero-order chi connectivity index (χ0) is 15.5. The third kappa shape index (κ3) is 4.48. The summed E-state index contributed by atoms with van der Waals surface area (Å²) in [6, 6.07) is 9.07. The van der Waals surface area contributed by atoms with Crippen LogP contribution in [0.3, 0.4) is 0 Å². The fourth-order valence-electron chi connectivity index (χ4n) is 2.39. The minimum absolute atomic E-state index is 0.0139. The second-order valence-electron chi connectivity index (χ2n) is 6.45. The van der Waals surface area contributed by atoms with E-state index in [1.54, 1.807) is 4.90 Å². The van der Waals surface area contributed by atoms with E-state index in [-0.39, 0.29) is 23.5 Å². The van der Waals surface area contributed by atoms with E-state index in [0.717, 1.165) is 6.42 Å². The summed E-state index contributed by atoms with van der Waals surface area (Å²) in [7, 11) is 0. The van der Waals surface area contributed by atoms with Crippen LogP contribution in [0.4, 0.5) is 4.79 Å². The summed E-state index contributed by atoms with van der Waals surface area (Å²) in [5.74, 6) is 0.0242. The van der Waals surface area contributed by atoms with Gasteiger partial charge in [-0.3, -0.25) is 4.79 Å². The fraction of sp³-hybridized carbons (Fsp3) is 0.500. The van der Waals surface area contributed by atoms with E-state index in [1.165, 1.54) is 0 Å². The van der Waals surface area contributed by atoms with Gasteiger partial charge in [-0.15, -0.1) is 0 Å². The van der Waals surface area contributed by atoms with Gasteiger partial charge in [0.1, 0.15) is 0 Å². The first kappa shape index (κ1) is 15.4. The number of rotatable bonds is 2. The molecule has 1 unspecified atom stereocenters. The van der Waals surface area contributed by atoms with Crippen LogP contribution in [0.1, 0.15) is 37.6 Å². The summed E-state index contributed by atoms with van der Waals surface area (Å²) in [4.78, 5) is 25.9. The van der Waals surface area contributed by atoms with Crippen LogP contribution in [0.25, 0.3) is 0 Å². The SMILES string of the molecule is CC(C)(C)NC(=O)NC1CCN(C(=O)c2ccccc2)C1. The van der Waals surface area contributed by atoms with Crippen LogP contribution in [0, 0.1) is 0 Å². The van der Waals surface area contributed by atoms with Gasteiger partial charge in [-0.1, -0.05) is 18.2 Å². The van der Waals surface area contributed by atoms with Crippen molar-refractivity contribution in [3.8, 4) is 0 Å². The molecule has 1 saturated heterocycles. The minimum Gasteiger partial charge on any atom is -0.337 e. The molecule has 5 nitrogen and oxygen atoms in total. The average Bonchev–Trinajstić information content (AvgIpc) is 2.85. The number of benzene rings is 1. The highest BCUT2D eigenvalue weighted by atomic mass is 16.2. The first-order chi connectivity index (χ1) is 9.85. The molecular weight excluding hydrogens is 266 g/mol. The van der Waals surface area contributed by atoms with Gasteiger partial charge in [-0.25, -0.2) is 4.79 Å². The van der Waals surface area contributed by atoms with Crippen molar-refractivity contribution < 1.29 is 9.59 Å². The second kappa shape index (κ2) is 6.16. The van der Waals surface area contributed by atoms with E-state index in [9.17, 15) is 9.59 Å². The van der Waals surface area contributed by atoms with Crippen LogP contribution in [-0.4, -0.2) is 41.5 Å². The molecule has 1 heterocycles.